The van der Waals surface area contributed by atoms with Crippen LogP contribution in [0.25, 0.3) is 33.6 Å². The van der Waals surface area contributed by atoms with Gasteiger partial charge < -0.3 is 0 Å². The van der Waals surface area contributed by atoms with Crippen molar-refractivity contribution in [2.45, 2.75) is 0 Å². The molecule has 2 nitrogen and oxygen atoms in total. The molecule has 4 aromatic rings. The number of hydrogen-bond donors (Lipinski definition) is 0. The summed E-state index contributed by atoms with van der Waals surface area (Å²) in [5, 5.41) is 0. The highest BCUT2D eigenvalue weighted by Gasteiger charge is 2.08. The molecule has 24 heavy (non-hydrogen) atoms. The summed E-state index contributed by atoms with van der Waals surface area (Å²) < 4.78 is 0. The van der Waals surface area contributed by atoms with E-state index in [1.807, 2.05) is 54.9 Å². The average Bonchev–Trinajstić information content (AvgIpc) is 2.70. The van der Waals surface area contributed by atoms with Gasteiger partial charge in [0.05, 0.1) is 11.4 Å². The van der Waals surface area contributed by atoms with Gasteiger partial charge in [-0.3, -0.25) is 9.97 Å². The van der Waals surface area contributed by atoms with E-state index < -0.39 is 0 Å². The van der Waals surface area contributed by atoms with Crippen molar-refractivity contribution in [1.82, 2.24) is 9.97 Å². The minimum absolute atomic E-state index is 0.965. The molecule has 0 saturated heterocycles. The zero-order chi connectivity index (χ0) is 16.2. The van der Waals surface area contributed by atoms with Crippen molar-refractivity contribution in [2.75, 3.05) is 0 Å². The van der Waals surface area contributed by atoms with Crippen LogP contribution in [0.3, 0.4) is 0 Å². The first kappa shape index (κ1) is 14.3. The molecule has 0 spiro atoms. The van der Waals surface area contributed by atoms with Crippen molar-refractivity contribution >= 4 is 0 Å². The van der Waals surface area contributed by atoms with E-state index in [1.54, 1.807) is 0 Å². The van der Waals surface area contributed by atoms with Gasteiger partial charge in [0.15, 0.2) is 0 Å². The molecular formula is C22H16N2. The van der Waals surface area contributed by atoms with Crippen molar-refractivity contribution in [3.63, 3.8) is 0 Å². The Morgan fingerprint density at radius 2 is 0.917 bits per heavy atom. The third kappa shape index (κ3) is 2.95. The molecule has 0 radical (unpaired) electrons. The maximum absolute atomic E-state index is 4.50. The first-order valence-electron chi connectivity index (χ1n) is 7.93. The summed E-state index contributed by atoms with van der Waals surface area (Å²) in [4.78, 5) is 9.00. The van der Waals surface area contributed by atoms with Crippen LogP contribution in [-0.2, 0) is 0 Å². The number of nitrogens with zero attached hydrogens (tertiary/aromatic N) is 2. The van der Waals surface area contributed by atoms with Crippen LogP contribution in [-0.4, -0.2) is 9.97 Å². The lowest BCUT2D eigenvalue weighted by molar-refractivity contribution is 1.31. The van der Waals surface area contributed by atoms with E-state index >= 15 is 0 Å². The maximum Gasteiger partial charge on any atom is 0.0702 e. The number of rotatable bonds is 3. The highest BCUT2D eigenvalue weighted by atomic mass is 14.7. The summed E-state index contributed by atoms with van der Waals surface area (Å²) in [6.07, 6.45) is 3.65. The zero-order valence-corrected chi connectivity index (χ0v) is 13.1. The van der Waals surface area contributed by atoms with Crippen molar-refractivity contribution in [3.8, 4) is 33.6 Å². The lowest BCUT2D eigenvalue weighted by Gasteiger charge is -2.10. The van der Waals surface area contributed by atoms with Gasteiger partial charge in [-0.15, -0.1) is 0 Å². The first-order chi connectivity index (χ1) is 11.9. The second-order valence-corrected chi connectivity index (χ2v) is 5.60. The molecule has 0 amide bonds. The van der Waals surface area contributed by atoms with Gasteiger partial charge in [-0.2, -0.15) is 0 Å². The second-order valence-electron chi connectivity index (χ2n) is 5.60. The Morgan fingerprint density at radius 3 is 1.42 bits per heavy atom. The van der Waals surface area contributed by atoms with E-state index in [9.17, 15) is 0 Å². The summed E-state index contributed by atoms with van der Waals surface area (Å²) in [7, 11) is 0. The highest BCUT2D eigenvalue weighted by molar-refractivity contribution is 5.79. The van der Waals surface area contributed by atoms with Gasteiger partial charge >= 0.3 is 0 Å². The van der Waals surface area contributed by atoms with E-state index in [0.717, 1.165) is 22.5 Å². The van der Waals surface area contributed by atoms with E-state index in [4.69, 9.17) is 0 Å². The summed E-state index contributed by atoms with van der Waals surface area (Å²) in [6, 6.07) is 28.9. The summed E-state index contributed by atoms with van der Waals surface area (Å²) in [6.45, 7) is 0. The first-order valence-corrected chi connectivity index (χ1v) is 7.93. The molecule has 0 unspecified atom stereocenters. The molecule has 114 valence electrons. The van der Waals surface area contributed by atoms with Crippen LogP contribution in [0.2, 0.25) is 0 Å². The van der Waals surface area contributed by atoms with Crippen LogP contribution in [0, 0.1) is 0 Å². The van der Waals surface area contributed by atoms with Crippen LogP contribution in [0.1, 0.15) is 0 Å². The van der Waals surface area contributed by atoms with Gasteiger partial charge in [-0.25, -0.2) is 0 Å². The van der Waals surface area contributed by atoms with Crippen LogP contribution in [0.15, 0.2) is 97.3 Å². The largest absolute Gasteiger partial charge is 0.256 e. The summed E-state index contributed by atoms with van der Waals surface area (Å²) >= 11 is 0. The molecule has 0 fully saturated rings. The Hall–Kier alpha value is -3.26. The number of pyridine rings is 2. The van der Waals surface area contributed by atoms with E-state index in [-0.39, 0.29) is 0 Å². The number of benzene rings is 2. The standard InChI is InChI=1S/C22H16N2/c1-2-8-17(9-3-1)18-14-19(21-10-4-6-12-23-21)16-20(15-18)22-11-5-7-13-24-22/h1-16H. The molecule has 4 rings (SSSR count). The highest BCUT2D eigenvalue weighted by Crippen LogP contribution is 2.31. The smallest absolute Gasteiger partial charge is 0.0702 e. The summed E-state index contributed by atoms with van der Waals surface area (Å²) in [5.41, 5.74) is 6.47. The Morgan fingerprint density at radius 1 is 0.417 bits per heavy atom. The Bertz CT molecular complexity index is 794. The molecule has 0 N–H and O–H groups in total. The average molecular weight is 308 g/mol. The molecule has 0 aliphatic carbocycles. The minimum Gasteiger partial charge on any atom is -0.256 e. The van der Waals surface area contributed by atoms with Crippen LogP contribution in [0.4, 0.5) is 0 Å². The molecule has 2 heterocycles. The third-order valence-electron chi connectivity index (χ3n) is 3.96. The third-order valence-corrected chi connectivity index (χ3v) is 3.96. The molecular weight excluding hydrogens is 292 g/mol. The van der Waals surface area contributed by atoms with Crippen molar-refractivity contribution < 1.29 is 0 Å². The Labute approximate surface area is 141 Å². The fraction of sp³-hybridized carbons (Fsp3) is 0. The van der Waals surface area contributed by atoms with E-state index in [1.165, 1.54) is 11.1 Å². The van der Waals surface area contributed by atoms with E-state index in [2.05, 4.69) is 52.4 Å². The molecule has 0 saturated carbocycles. The normalized spacial score (nSPS) is 10.5. The van der Waals surface area contributed by atoms with Gasteiger partial charge in [0.25, 0.3) is 0 Å². The van der Waals surface area contributed by atoms with Gasteiger partial charge in [0, 0.05) is 23.5 Å². The van der Waals surface area contributed by atoms with Crippen LogP contribution in [0.5, 0.6) is 0 Å². The van der Waals surface area contributed by atoms with Crippen molar-refractivity contribution in [2.24, 2.45) is 0 Å². The predicted molar refractivity (Wildman–Crippen MR) is 98.3 cm³/mol. The number of aromatic nitrogens is 2. The van der Waals surface area contributed by atoms with Gasteiger partial charge in [-0.05, 0) is 53.6 Å². The van der Waals surface area contributed by atoms with Gasteiger partial charge in [0.1, 0.15) is 0 Å². The molecule has 2 aromatic carbocycles. The minimum atomic E-state index is 0.965. The van der Waals surface area contributed by atoms with Crippen molar-refractivity contribution in [1.29, 1.82) is 0 Å². The lowest BCUT2D eigenvalue weighted by Crippen LogP contribution is -1.89. The van der Waals surface area contributed by atoms with Gasteiger partial charge in [-0.1, -0.05) is 42.5 Å². The fourth-order valence-electron chi connectivity index (χ4n) is 2.79. The molecule has 0 bridgehead atoms. The lowest BCUT2D eigenvalue weighted by atomic mass is 9.96. The molecule has 0 atom stereocenters. The quantitative estimate of drug-likeness (QED) is 0.501. The number of hydrogen-bond acceptors (Lipinski definition) is 2. The fourth-order valence-corrected chi connectivity index (χ4v) is 2.79. The molecule has 0 aliphatic heterocycles. The second kappa shape index (κ2) is 6.47. The molecule has 2 aromatic heterocycles. The Balaban J connectivity index is 1.92. The SMILES string of the molecule is c1ccc(-c2cc(-c3ccccn3)cc(-c3ccccn3)c2)cc1. The molecule has 0 aliphatic rings. The Kier molecular flexibility index (Phi) is 3.86. The summed E-state index contributed by atoms with van der Waals surface area (Å²) in [5.74, 6) is 0. The van der Waals surface area contributed by atoms with E-state index in [0.29, 0.717) is 0 Å². The molecule has 2 heteroatoms. The zero-order valence-electron chi connectivity index (χ0n) is 13.1. The predicted octanol–water partition coefficient (Wildman–Crippen LogP) is 5.48. The monoisotopic (exact) mass is 308 g/mol. The van der Waals surface area contributed by atoms with Gasteiger partial charge in [0.2, 0.25) is 0 Å². The van der Waals surface area contributed by atoms with Crippen LogP contribution < -0.4 is 0 Å². The van der Waals surface area contributed by atoms with Crippen molar-refractivity contribution in [3.05, 3.63) is 97.3 Å². The van der Waals surface area contributed by atoms with Crippen LogP contribution >= 0.6 is 0 Å². The topological polar surface area (TPSA) is 25.8 Å². The maximum atomic E-state index is 4.50.